The Bertz CT molecular complexity index is 399. The molecule has 1 fully saturated rings. The number of likely N-dealkylation sites (tertiary alicyclic amines) is 1. The fourth-order valence-electron chi connectivity index (χ4n) is 2.07. The highest BCUT2D eigenvalue weighted by atomic mass is 16.1. The molecular formula is C14H17NO. The lowest BCUT2D eigenvalue weighted by atomic mass is 10.1. The van der Waals surface area contributed by atoms with Gasteiger partial charge in [0.2, 0.25) is 0 Å². The number of ketones is 1. The molecule has 1 aliphatic rings. The standard InChI is InChI=1S/C14H17NO/c1-11(15-9-3-4-10-15)13-5-7-14(8-6-13)12(2)16/h5-8H,1,3-4,9-10H2,2H3. The maximum atomic E-state index is 11.1. The highest BCUT2D eigenvalue weighted by molar-refractivity contribution is 5.94. The van der Waals surface area contributed by atoms with Crippen molar-refractivity contribution in [3.05, 3.63) is 42.0 Å². The van der Waals surface area contributed by atoms with Crippen molar-refractivity contribution in [2.45, 2.75) is 19.8 Å². The summed E-state index contributed by atoms with van der Waals surface area (Å²) in [5, 5.41) is 0. The molecular weight excluding hydrogens is 198 g/mol. The SMILES string of the molecule is C=C(c1ccc(C(C)=O)cc1)N1CCCC1. The predicted molar refractivity (Wildman–Crippen MR) is 66.3 cm³/mol. The van der Waals surface area contributed by atoms with Gasteiger partial charge in [0, 0.05) is 24.4 Å². The Morgan fingerprint density at radius 1 is 1.12 bits per heavy atom. The van der Waals surface area contributed by atoms with Crippen LogP contribution in [0, 0.1) is 0 Å². The zero-order valence-electron chi connectivity index (χ0n) is 9.70. The predicted octanol–water partition coefficient (Wildman–Crippen LogP) is 2.96. The number of Topliss-reactive ketones (excluding diaryl/α,β-unsaturated/α-hetero) is 1. The lowest BCUT2D eigenvalue weighted by Gasteiger charge is -2.20. The number of carbonyl (C=O) groups excluding carboxylic acids is 1. The van der Waals surface area contributed by atoms with Crippen LogP contribution in [0.5, 0.6) is 0 Å². The third kappa shape index (κ3) is 2.16. The number of carbonyl (C=O) groups is 1. The van der Waals surface area contributed by atoms with E-state index < -0.39 is 0 Å². The number of nitrogens with zero attached hydrogens (tertiary/aromatic N) is 1. The van der Waals surface area contributed by atoms with Gasteiger partial charge >= 0.3 is 0 Å². The topological polar surface area (TPSA) is 20.3 Å². The largest absolute Gasteiger partial charge is 0.372 e. The van der Waals surface area contributed by atoms with Gasteiger partial charge < -0.3 is 4.90 Å². The van der Waals surface area contributed by atoms with Crippen LogP contribution >= 0.6 is 0 Å². The maximum Gasteiger partial charge on any atom is 0.159 e. The van der Waals surface area contributed by atoms with Crippen LogP contribution in [0.3, 0.4) is 0 Å². The van der Waals surface area contributed by atoms with E-state index in [1.165, 1.54) is 12.8 Å². The van der Waals surface area contributed by atoms with E-state index in [-0.39, 0.29) is 5.78 Å². The van der Waals surface area contributed by atoms with E-state index >= 15 is 0 Å². The highest BCUT2D eigenvalue weighted by Crippen LogP contribution is 2.22. The lowest BCUT2D eigenvalue weighted by molar-refractivity contribution is 0.101. The van der Waals surface area contributed by atoms with Gasteiger partial charge in [-0.15, -0.1) is 0 Å². The smallest absolute Gasteiger partial charge is 0.159 e. The average molecular weight is 215 g/mol. The summed E-state index contributed by atoms with van der Waals surface area (Å²) < 4.78 is 0. The molecule has 0 unspecified atom stereocenters. The van der Waals surface area contributed by atoms with Crippen molar-refractivity contribution in [3.63, 3.8) is 0 Å². The first-order valence-electron chi connectivity index (χ1n) is 5.74. The van der Waals surface area contributed by atoms with E-state index in [0.717, 1.165) is 29.9 Å². The van der Waals surface area contributed by atoms with Gasteiger partial charge in [-0.2, -0.15) is 0 Å². The molecule has 1 heterocycles. The van der Waals surface area contributed by atoms with E-state index in [0.29, 0.717) is 0 Å². The van der Waals surface area contributed by atoms with Crippen molar-refractivity contribution in [3.8, 4) is 0 Å². The van der Waals surface area contributed by atoms with Gasteiger partial charge in [-0.1, -0.05) is 30.8 Å². The first kappa shape index (κ1) is 10.9. The van der Waals surface area contributed by atoms with Crippen LogP contribution in [0.25, 0.3) is 5.70 Å². The molecule has 0 saturated carbocycles. The van der Waals surface area contributed by atoms with Gasteiger partial charge in [0.05, 0.1) is 0 Å². The fourth-order valence-corrected chi connectivity index (χ4v) is 2.07. The molecule has 0 amide bonds. The number of hydrogen-bond donors (Lipinski definition) is 0. The van der Waals surface area contributed by atoms with Crippen LogP contribution in [0.4, 0.5) is 0 Å². The van der Waals surface area contributed by atoms with Crippen LogP contribution in [0.2, 0.25) is 0 Å². The van der Waals surface area contributed by atoms with Gasteiger partial charge in [0.25, 0.3) is 0 Å². The van der Waals surface area contributed by atoms with Crippen LogP contribution in [-0.2, 0) is 0 Å². The third-order valence-electron chi connectivity index (χ3n) is 3.11. The Hall–Kier alpha value is -1.57. The van der Waals surface area contributed by atoms with Crippen molar-refractivity contribution in [1.82, 2.24) is 4.90 Å². The van der Waals surface area contributed by atoms with Gasteiger partial charge in [-0.3, -0.25) is 4.79 Å². The summed E-state index contributed by atoms with van der Waals surface area (Å²) in [7, 11) is 0. The normalized spacial score (nSPS) is 15.2. The molecule has 0 bridgehead atoms. The molecule has 1 aromatic carbocycles. The number of benzene rings is 1. The van der Waals surface area contributed by atoms with Gasteiger partial charge in [0.1, 0.15) is 0 Å². The van der Waals surface area contributed by atoms with Crippen molar-refractivity contribution >= 4 is 11.5 Å². The van der Waals surface area contributed by atoms with Crippen molar-refractivity contribution in [2.24, 2.45) is 0 Å². The molecule has 0 aromatic heterocycles. The molecule has 0 radical (unpaired) electrons. The minimum Gasteiger partial charge on any atom is -0.372 e. The van der Waals surface area contributed by atoms with E-state index in [9.17, 15) is 4.79 Å². The average Bonchev–Trinajstić information content (AvgIpc) is 2.81. The summed E-state index contributed by atoms with van der Waals surface area (Å²) in [4.78, 5) is 13.5. The monoisotopic (exact) mass is 215 g/mol. The second-order valence-corrected chi connectivity index (χ2v) is 4.27. The Balaban J connectivity index is 2.14. The summed E-state index contributed by atoms with van der Waals surface area (Å²) in [5.74, 6) is 0.110. The molecule has 1 aliphatic heterocycles. The Kier molecular flexibility index (Phi) is 3.09. The lowest BCUT2D eigenvalue weighted by Crippen LogP contribution is -2.16. The van der Waals surface area contributed by atoms with E-state index in [1.54, 1.807) is 6.92 Å². The first-order chi connectivity index (χ1) is 7.68. The molecule has 0 atom stereocenters. The third-order valence-corrected chi connectivity index (χ3v) is 3.11. The number of rotatable bonds is 3. The molecule has 1 aromatic rings. The fraction of sp³-hybridized carbons (Fsp3) is 0.357. The summed E-state index contributed by atoms with van der Waals surface area (Å²) >= 11 is 0. The molecule has 2 nitrogen and oxygen atoms in total. The van der Waals surface area contributed by atoms with Gasteiger partial charge in [0.15, 0.2) is 5.78 Å². The molecule has 0 N–H and O–H groups in total. The molecule has 16 heavy (non-hydrogen) atoms. The summed E-state index contributed by atoms with van der Waals surface area (Å²) in [6.45, 7) is 7.92. The van der Waals surface area contributed by atoms with E-state index in [1.807, 2.05) is 24.3 Å². The minimum atomic E-state index is 0.110. The molecule has 84 valence electrons. The molecule has 1 saturated heterocycles. The van der Waals surface area contributed by atoms with E-state index in [2.05, 4.69) is 11.5 Å². The zero-order valence-corrected chi connectivity index (χ0v) is 9.70. The molecule has 2 heteroatoms. The molecule has 0 aliphatic carbocycles. The minimum absolute atomic E-state index is 0.110. The first-order valence-corrected chi connectivity index (χ1v) is 5.74. The van der Waals surface area contributed by atoms with E-state index in [4.69, 9.17) is 0 Å². The van der Waals surface area contributed by atoms with Gasteiger partial charge in [-0.05, 0) is 25.3 Å². The van der Waals surface area contributed by atoms with Crippen LogP contribution < -0.4 is 0 Å². The van der Waals surface area contributed by atoms with Crippen LogP contribution in [0.1, 0.15) is 35.7 Å². The summed E-state index contributed by atoms with van der Waals surface area (Å²) in [6.07, 6.45) is 2.51. The molecule has 0 spiro atoms. The second-order valence-electron chi connectivity index (χ2n) is 4.27. The van der Waals surface area contributed by atoms with Gasteiger partial charge in [-0.25, -0.2) is 0 Å². The summed E-state index contributed by atoms with van der Waals surface area (Å²) in [6, 6.07) is 7.71. The Labute approximate surface area is 96.6 Å². The quantitative estimate of drug-likeness (QED) is 0.722. The zero-order chi connectivity index (χ0) is 11.5. The molecule has 2 rings (SSSR count). The van der Waals surface area contributed by atoms with Crippen molar-refractivity contribution < 1.29 is 4.79 Å². The Morgan fingerprint density at radius 3 is 2.12 bits per heavy atom. The van der Waals surface area contributed by atoms with Crippen molar-refractivity contribution in [2.75, 3.05) is 13.1 Å². The summed E-state index contributed by atoms with van der Waals surface area (Å²) in [5.41, 5.74) is 2.96. The second kappa shape index (κ2) is 4.52. The maximum absolute atomic E-state index is 11.1. The highest BCUT2D eigenvalue weighted by Gasteiger charge is 2.14. The van der Waals surface area contributed by atoms with Crippen molar-refractivity contribution in [1.29, 1.82) is 0 Å². The van der Waals surface area contributed by atoms with Crippen LogP contribution in [-0.4, -0.2) is 23.8 Å². The Morgan fingerprint density at radius 2 is 1.62 bits per heavy atom. The number of hydrogen-bond acceptors (Lipinski definition) is 2. The van der Waals surface area contributed by atoms with Crippen LogP contribution in [0.15, 0.2) is 30.8 Å².